The van der Waals surface area contributed by atoms with Crippen LogP contribution >= 0.6 is 0 Å². The van der Waals surface area contributed by atoms with Crippen molar-refractivity contribution < 1.29 is 19.1 Å². The van der Waals surface area contributed by atoms with E-state index in [9.17, 15) is 9.59 Å². The Morgan fingerprint density at radius 1 is 1.10 bits per heavy atom. The number of benzene rings is 2. The molecule has 0 saturated carbocycles. The number of hydrogen-bond acceptors (Lipinski definition) is 5. The second-order valence-electron chi connectivity index (χ2n) is 8.20. The quantitative estimate of drug-likeness (QED) is 0.583. The van der Waals surface area contributed by atoms with Gasteiger partial charge in [-0.05, 0) is 28.7 Å². The number of nitrogens with one attached hydrogen (secondary N) is 1. The first-order valence-electron chi connectivity index (χ1n) is 9.98. The molecule has 162 valence electrons. The summed E-state index contributed by atoms with van der Waals surface area (Å²) in [7, 11) is 1.54. The summed E-state index contributed by atoms with van der Waals surface area (Å²) in [5, 5.41) is 6.94. The van der Waals surface area contributed by atoms with E-state index in [1.807, 2.05) is 48.5 Å². The number of esters is 1. The number of hydrogen-bond donors (Lipinski definition) is 1. The molecule has 1 amide bonds. The molecule has 3 rings (SSSR count). The maximum atomic E-state index is 12.4. The van der Waals surface area contributed by atoms with Crippen molar-refractivity contribution in [3.63, 3.8) is 0 Å². The summed E-state index contributed by atoms with van der Waals surface area (Å²) < 4.78 is 12.1. The van der Waals surface area contributed by atoms with E-state index in [-0.39, 0.29) is 11.0 Å². The predicted molar refractivity (Wildman–Crippen MR) is 118 cm³/mol. The van der Waals surface area contributed by atoms with E-state index in [0.29, 0.717) is 18.0 Å². The highest BCUT2D eigenvalue weighted by atomic mass is 16.5. The van der Waals surface area contributed by atoms with Gasteiger partial charge in [-0.3, -0.25) is 9.48 Å². The average molecular weight is 421 g/mol. The zero-order chi connectivity index (χ0) is 22.4. The fraction of sp³-hybridized carbons (Fsp3) is 0.292. The zero-order valence-corrected chi connectivity index (χ0v) is 18.2. The van der Waals surface area contributed by atoms with Crippen LogP contribution in [0.3, 0.4) is 0 Å². The Morgan fingerprint density at radius 2 is 1.84 bits per heavy atom. The third kappa shape index (κ3) is 5.94. The molecule has 7 heteroatoms. The number of aromatic nitrogens is 2. The van der Waals surface area contributed by atoms with Crippen LogP contribution in [0.25, 0.3) is 0 Å². The molecule has 0 bridgehead atoms. The zero-order valence-electron chi connectivity index (χ0n) is 18.2. The lowest BCUT2D eigenvalue weighted by molar-refractivity contribution is -0.119. The number of nitrogens with zero attached hydrogens (tertiary/aromatic N) is 2. The molecule has 7 nitrogen and oxygen atoms in total. The summed E-state index contributed by atoms with van der Waals surface area (Å²) in [6.45, 7) is 6.38. The summed E-state index contributed by atoms with van der Waals surface area (Å²) in [4.78, 5) is 24.7. The second-order valence-corrected chi connectivity index (χ2v) is 8.20. The van der Waals surface area contributed by atoms with Crippen molar-refractivity contribution in [2.45, 2.75) is 32.7 Å². The normalized spacial score (nSPS) is 11.1. The second kappa shape index (κ2) is 9.47. The maximum Gasteiger partial charge on any atom is 0.341 e. The highest BCUT2D eigenvalue weighted by Gasteiger charge is 2.18. The molecule has 0 saturated heterocycles. The van der Waals surface area contributed by atoms with Crippen LogP contribution in [0, 0.1) is 0 Å². The molecule has 0 radical (unpaired) electrons. The molecule has 0 aliphatic heterocycles. The lowest BCUT2D eigenvalue weighted by atomic mass is 9.87. The largest absolute Gasteiger partial charge is 0.495 e. The van der Waals surface area contributed by atoms with Gasteiger partial charge < -0.3 is 14.8 Å². The number of carbonyl (C=O) groups excluding carboxylic acids is 2. The lowest BCUT2D eigenvalue weighted by Gasteiger charge is -2.21. The van der Waals surface area contributed by atoms with Crippen LogP contribution in [-0.2, 0) is 21.5 Å². The van der Waals surface area contributed by atoms with Crippen molar-refractivity contribution in [1.29, 1.82) is 0 Å². The van der Waals surface area contributed by atoms with Crippen LogP contribution < -0.4 is 10.1 Å². The molecular formula is C24H27N3O4. The molecule has 1 aromatic heterocycles. The van der Waals surface area contributed by atoms with Gasteiger partial charge in [0.15, 0.2) is 6.61 Å². The first-order valence-corrected chi connectivity index (χ1v) is 9.98. The molecule has 0 aliphatic rings. The van der Waals surface area contributed by atoms with Crippen molar-refractivity contribution in [2.24, 2.45) is 0 Å². The van der Waals surface area contributed by atoms with Crippen molar-refractivity contribution in [1.82, 2.24) is 9.78 Å². The van der Waals surface area contributed by atoms with E-state index in [4.69, 9.17) is 9.47 Å². The maximum absolute atomic E-state index is 12.4. The summed E-state index contributed by atoms with van der Waals surface area (Å²) >= 11 is 0. The summed E-state index contributed by atoms with van der Waals surface area (Å²) in [5.74, 6) is -0.519. The Bertz CT molecular complexity index is 1050. The molecule has 0 fully saturated rings. The molecular weight excluding hydrogens is 394 g/mol. The predicted octanol–water partition coefficient (Wildman–Crippen LogP) is 4.03. The van der Waals surface area contributed by atoms with Crippen molar-refractivity contribution >= 4 is 17.6 Å². The van der Waals surface area contributed by atoms with Gasteiger partial charge in [0.25, 0.3) is 5.91 Å². The van der Waals surface area contributed by atoms with Gasteiger partial charge in [0.2, 0.25) is 0 Å². The number of rotatable bonds is 7. The first-order chi connectivity index (χ1) is 14.8. The Balaban J connectivity index is 1.58. The first kappa shape index (κ1) is 22.1. The number of carbonyl (C=O) groups is 2. The smallest absolute Gasteiger partial charge is 0.341 e. The summed E-state index contributed by atoms with van der Waals surface area (Å²) in [6.07, 6.45) is 3.03. The van der Waals surface area contributed by atoms with Crippen molar-refractivity contribution in [3.05, 3.63) is 77.6 Å². The third-order valence-corrected chi connectivity index (χ3v) is 4.73. The van der Waals surface area contributed by atoms with Crippen LogP contribution in [0.1, 0.15) is 42.3 Å². The van der Waals surface area contributed by atoms with Gasteiger partial charge in [-0.1, -0.05) is 57.2 Å². The van der Waals surface area contributed by atoms with Crippen LogP contribution in [0.15, 0.2) is 60.9 Å². The molecule has 1 heterocycles. The van der Waals surface area contributed by atoms with E-state index >= 15 is 0 Å². The van der Waals surface area contributed by atoms with Gasteiger partial charge in [0, 0.05) is 6.20 Å². The van der Waals surface area contributed by atoms with Gasteiger partial charge in [0.1, 0.15) is 5.75 Å². The SMILES string of the molecule is COc1ccc(C(C)(C)C)cc1NC(=O)COC(=O)c1cnn(Cc2ccccc2)c1. The van der Waals surface area contributed by atoms with Gasteiger partial charge >= 0.3 is 5.97 Å². The molecule has 3 aromatic rings. The molecule has 31 heavy (non-hydrogen) atoms. The minimum atomic E-state index is -0.607. The Labute approximate surface area is 182 Å². The fourth-order valence-electron chi connectivity index (χ4n) is 3.00. The van der Waals surface area contributed by atoms with Crippen LogP contribution in [0.4, 0.5) is 5.69 Å². The fourth-order valence-corrected chi connectivity index (χ4v) is 3.00. The van der Waals surface area contributed by atoms with Crippen molar-refractivity contribution in [2.75, 3.05) is 19.0 Å². The lowest BCUT2D eigenvalue weighted by Crippen LogP contribution is -2.21. The monoisotopic (exact) mass is 421 g/mol. The topological polar surface area (TPSA) is 82.4 Å². The highest BCUT2D eigenvalue weighted by molar-refractivity contribution is 5.96. The summed E-state index contributed by atoms with van der Waals surface area (Å²) in [6, 6.07) is 15.4. The van der Waals surface area contributed by atoms with Gasteiger partial charge in [-0.25, -0.2) is 4.79 Å². The number of ether oxygens (including phenoxy) is 2. The molecule has 0 spiro atoms. The Hall–Kier alpha value is -3.61. The van der Waals surface area contributed by atoms with E-state index in [2.05, 4.69) is 31.2 Å². The highest BCUT2D eigenvalue weighted by Crippen LogP contribution is 2.31. The molecule has 0 unspecified atom stereocenters. The molecule has 1 N–H and O–H groups in total. The molecule has 0 aliphatic carbocycles. The van der Waals surface area contributed by atoms with E-state index in [1.54, 1.807) is 10.9 Å². The minimum Gasteiger partial charge on any atom is -0.495 e. The number of anilines is 1. The molecule has 2 aromatic carbocycles. The van der Waals surface area contributed by atoms with E-state index < -0.39 is 18.5 Å². The average Bonchev–Trinajstić information content (AvgIpc) is 3.20. The third-order valence-electron chi connectivity index (χ3n) is 4.73. The minimum absolute atomic E-state index is 0.0852. The Kier molecular flexibility index (Phi) is 6.74. The van der Waals surface area contributed by atoms with E-state index in [0.717, 1.165) is 11.1 Å². The van der Waals surface area contributed by atoms with Crippen LogP contribution in [0.2, 0.25) is 0 Å². The number of amides is 1. The van der Waals surface area contributed by atoms with E-state index in [1.165, 1.54) is 13.3 Å². The molecule has 0 atom stereocenters. The van der Waals surface area contributed by atoms with Gasteiger partial charge in [0.05, 0.1) is 31.1 Å². The van der Waals surface area contributed by atoms with Crippen molar-refractivity contribution in [3.8, 4) is 5.75 Å². The standard InChI is InChI=1S/C24H27N3O4/c1-24(2,3)19-10-11-21(30-4)20(12-19)26-22(28)16-31-23(29)18-13-25-27(15-18)14-17-8-6-5-7-9-17/h5-13,15H,14,16H2,1-4H3,(H,26,28). The van der Waals surface area contributed by atoms with Gasteiger partial charge in [-0.15, -0.1) is 0 Å². The van der Waals surface area contributed by atoms with Crippen LogP contribution in [-0.4, -0.2) is 35.4 Å². The summed E-state index contributed by atoms with van der Waals surface area (Å²) in [5.41, 5.74) is 2.85. The van der Waals surface area contributed by atoms with Crippen LogP contribution in [0.5, 0.6) is 5.75 Å². The van der Waals surface area contributed by atoms with Gasteiger partial charge in [-0.2, -0.15) is 5.10 Å². The Morgan fingerprint density at radius 3 is 2.52 bits per heavy atom. The number of methoxy groups -OCH3 is 1.